The lowest BCUT2D eigenvalue weighted by Crippen LogP contribution is -2.41. The average molecular weight is 346 g/mol. The molecule has 1 amide bonds. The van der Waals surface area contributed by atoms with Crippen LogP contribution in [0, 0.1) is 11.8 Å². The number of rotatable bonds is 0. The number of amides is 1. The Kier molecular flexibility index (Phi) is 4.74. The van der Waals surface area contributed by atoms with Gasteiger partial charge in [0.25, 0.3) is 0 Å². The van der Waals surface area contributed by atoms with Crippen molar-refractivity contribution in [3.63, 3.8) is 0 Å². The summed E-state index contributed by atoms with van der Waals surface area (Å²) in [5, 5.41) is 18.8. The smallest absolute Gasteiger partial charge is 0.410 e. The highest BCUT2D eigenvalue weighted by atomic mass is 16.6. The van der Waals surface area contributed by atoms with Crippen LogP contribution in [0.25, 0.3) is 0 Å². The summed E-state index contributed by atoms with van der Waals surface area (Å²) in [5.41, 5.74) is -1.42. The maximum Gasteiger partial charge on any atom is 0.410 e. The average Bonchev–Trinajstić information content (AvgIpc) is 2.94. The Morgan fingerprint density at radius 2 is 1.92 bits per heavy atom. The molecule has 1 N–H and O–H groups in total. The molecule has 0 atom stereocenters. The molecule has 25 heavy (non-hydrogen) atoms. The summed E-state index contributed by atoms with van der Waals surface area (Å²) in [4.78, 5) is 13.8. The lowest BCUT2D eigenvalue weighted by Gasteiger charge is -2.30. The number of aliphatic hydroxyl groups is 1. The van der Waals surface area contributed by atoms with E-state index >= 15 is 0 Å². The number of ether oxygens (including phenoxy) is 1. The Hall–Kier alpha value is -2.07. The fraction of sp³-hybridized carbons (Fsp3) is 0.722. The molecule has 2 heterocycles. The number of hydrogen-bond donors (Lipinski definition) is 1. The van der Waals surface area contributed by atoms with E-state index in [1.54, 1.807) is 4.90 Å². The van der Waals surface area contributed by atoms with E-state index in [2.05, 4.69) is 22.0 Å². The predicted octanol–water partition coefficient (Wildman–Crippen LogP) is 2.08. The van der Waals surface area contributed by atoms with Crippen LogP contribution in [0.2, 0.25) is 0 Å². The highest BCUT2D eigenvalue weighted by Crippen LogP contribution is 2.27. The molecule has 1 aromatic rings. The molecular formula is C18H26N4O3. The Morgan fingerprint density at radius 3 is 2.60 bits per heavy atom. The van der Waals surface area contributed by atoms with E-state index in [4.69, 9.17) is 4.74 Å². The monoisotopic (exact) mass is 346 g/mol. The molecule has 1 aliphatic carbocycles. The van der Waals surface area contributed by atoms with Crippen LogP contribution < -0.4 is 0 Å². The minimum atomic E-state index is -0.901. The molecule has 3 rings (SSSR count). The second-order valence-corrected chi connectivity index (χ2v) is 7.84. The number of carbonyl (C=O) groups is 1. The zero-order valence-electron chi connectivity index (χ0n) is 15.2. The van der Waals surface area contributed by atoms with Gasteiger partial charge in [0.1, 0.15) is 11.2 Å². The Morgan fingerprint density at radius 1 is 1.20 bits per heavy atom. The number of fused-ring (bicyclic) bond motifs is 1. The van der Waals surface area contributed by atoms with Crippen LogP contribution in [0.15, 0.2) is 0 Å². The number of hydrogen-bond acceptors (Lipinski definition) is 5. The molecule has 0 radical (unpaired) electrons. The van der Waals surface area contributed by atoms with Crippen LogP contribution in [-0.2, 0) is 17.8 Å². The van der Waals surface area contributed by atoms with Gasteiger partial charge in [-0.15, -0.1) is 10.2 Å². The van der Waals surface area contributed by atoms with Gasteiger partial charge < -0.3 is 14.4 Å². The maximum atomic E-state index is 12.2. The summed E-state index contributed by atoms with van der Waals surface area (Å²) < 4.78 is 7.32. The highest BCUT2D eigenvalue weighted by Gasteiger charge is 2.29. The number of nitrogens with zero attached hydrogens (tertiary/aromatic N) is 4. The molecule has 0 unspecified atom stereocenters. The van der Waals surface area contributed by atoms with Gasteiger partial charge in [-0.2, -0.15) is 0 Å². The summed E-state index contributed by atoms with van der Waals surface area (Å²) in [6.07, 6.45) is 4.26. The molecule has 7 heteroatoms. The molecule has 1 fully saturated rings. The molecule has 0 saturated heterocycles. The highest BCUT2D eigenvalue weighted by molar-refractivity contribution is 5.68. The van der Waals surface area contributed by atoms with Gasteiger partial charge in [0.2, 0.25) is 5.82 Å². The van der Waals surface area contributed by atoms with E-state index in [-0.39, 0.29) is 6.09 Å². The first kappa shape index (κ1) is 17.7. The van der Waals surface area contributed by atoms with E-state index in [0.29, 0.717) is 44.1 Å². The van der Waals surface area contributed by atoms with Crippen molar-refractivity contribution in [2.24, 2.45) is 0 Å². The predicted molar refractivity (Wildman–Crippen MR) is 91.6 cm³/mol. The first-order valence-electron chi connectivity index (χ1n) is 8.91. The van der Waals surface area contributed by atoms with E-state index in [0.717, 1.165) is 19.3 Å². The fourth-order valence-electron chi connectivity index (χ4n) is 3.17. The quantitative estimate of drug-likeness (QED) is 0.728. The van der Waals surface area contributed by atoms with Crippen LogP contribution in [0.1, 0.15) is 64.5 Å². The molecule has 7 nitrogen and oxygen atoms in total. The third-order valence-electron chi connectivity index (χ3n) is 4.49. The normalized spacial score (nSPS) is 19.6. The van der Waals surface area contributed by atoms with Gasteiger partial charge in [0, 0.05) is 13.1 Å². The topological polar surface area (TPSA) is 80.5 Å². The van der Waals surface area contributed by atoms with E-state index in [9.17, 15) is 9.90 Å². The van der Waals surface area contributed by atoms with Crippen molar-refractivity contribution >= 4 is 6.09 Å². The molecule has 0 aromatic carbocycles. The maximum absolute atomic E-state index is 12.2. The minimum absolute atomic E-state index is 0.342. The van der Waals surface area contributed by atoms with Gasteiger partial charge in [-0.25, -0.2) is 4.79 Å². The van der Waals surface area contributed by atoms with E-state index in [1.807, 2.05) is 25.3 Å². The Balaban J connectivity index is 1.70. The van der Waals surface area contributed by atoms with Crippen molar-refractivity contribution in [3.8, 4) is 11.8 Å². The third kappa shape index (κ3) is 4.31. The van der Waals surface area contributed by atoms with Gasteiger partial charge in [-0.3, -0.25) is 4.90 Å². The van der Waals surface area contributed by atoms with Gasteiger partial charge in [-0.05, 0) is 52.4 Å². The van der Waals surface area contributed by atoms with Crippen molar-refractivity contribution in [2.45, 2.75) is 77.2 Å². The summed E-state index contributed by atoms with van der Waals surface area (Å²) >= 11 is 0. The summed E-state index contributed by atoms with van der Waals surface area (Å²) in [7, 11) is 0. The number of aromatic nitrogens is 3. The summed E-state index contributed by atoms with van der Waals surface area (Å²) in [6, 6.07) is 0. The van der Waals surface area contributed by atoms with Gasteiger partial charge >= 0.3 is 6.09 Å². The largest absolute Gasteiger partial charge is 0.444 e. The second-order valence-electron chi connectivity index (χ2n) is 7.84. The molecule has 1 saturated carbocycles. The lowest BCUT2D eigenvalue weighted by molar-refractivity contribution is 0.0195. The molecule has 2 aliphatic rings. The first-order chi connectivity index (χ1) is 11.8. The van der Waals surface area contributed by atoms with Crippen LogP contribution in [0.3, 0.4) is 0 Å². The SMILES string of the molecule is CC(C)(C)OC(=O)N1CCn2c(C#CC3(O)CCCCC3)nnc2C1. The zero-order chi connectivity index (χ0) is 18.1. The van der Waals surface area contributed by atoms with Gasteiger partial charge in [0.05, 0.1) is 6.54 Å². The van der Waals surface area contributed by atoms with E-state index < -0.39 is 11.2 Å². The first-order valence-corrected chi connectivity index (χ1v) is 8.91. The Labute approximate surface area is 148 Å². The summed E-state index contributed by atoms with van der Waals surface area (Å²) in [6.45, 7) is 7.00. The number of carbonyl (C=O) groups excluding carboxylic acids is 1. The van der Waals surface area contributed by atoms with Crippen LogP contribution >= 0.6 is 0 Å². The van der Waals surface area contributed by atoms with Crippen LogP contribution in [-0.4, -0.2) is 48.6 Å². The third-order valence-corrected chi connectivity index (χ3v) is 4.49. The van der Waals surface area contributed by atoms with Crippen molar-refractivity contribution in [1.29, 1.82) is 0 Å². The lowest BCUT2D eigenvalue weighted by atomic mass is 9.85. The molecule has 0 bridgehead atoms. The van der Waals surface area contributed by atoms with Crippen molar-refractivity contribution in [2.75, 3.05) is 6.54 Å². The Bertz CT molecular complexity index is 702. The fourth-order valence-corrected chi connectivity index (χ4v) is 3.17. The second kappa shape index (κ2) is 6.68. The molecule has 136 valence electrons. The molecule has 1 aromatic heterocycles. The standard InChI is InChI=1S/C18H26N4O3/c1-17(2,3)25-16(23)21-11-12-22-14(19-20-15(22)13-21)7-10-18(24)8-5-4-6-9-18/h24H,4-6,8-9,11-13H2,1-3H3. The van der Waals surface area contributed by atoms with Gasteiger partial charge in [0.15, 0.2) is 5.82 Å². The molecule has 1 aliphatic heterocycles. The summed E-state index contributed by atoms with van der Waals surface area (Å²) in [5.74, 6) is 7.24. The van der Waals surface area contributed by atoms with Crippen LogP contribution in [0.4, 0.5) is 4.79 Å². The van der Waals surface area contributed by atoms with Crippen molar-refractivity contribution in [3.05, 3.63) is 11.6 Å². The molecular weight excluding hydrogens is 320 g/mol. The van der Waals surface area contributed by atoms with Gasteiger partial charge in [-0.1, -0.05) is 12.3 Å². The van der Waals surface area contributed by atoms with Crippen molar-refractivity contribution < 1.29 is 14.6 Å². The van der Waals surface area contributed by atoms with Crippen LogP contribution in [0.5, 0.6) is 0 Å². The zero-order valence-corrected chi connectivity index (χ0v) is 15.2. The van der Waals surface area contributed by atoms with E-state index in [1.165, 1.54) is 0 Å². The minimum Gasteiger partial charge on any atom is -0.444 e. The molecule has 0 spiro atoms. The van der Waals surface area contributed by atoms with Crippen molar-refractivity contribution in [1.82, 2.24) is 19.7 Å².